The number of nitrogens with one attached hydrogen (secondary N) is 1. The molecule has 1 heterocycles. The number of likely N-dealkylation sites (N-methyl/N-ethyl adjacent to an activating group) is 1. The molecule has 1 N–H and O–H groups in total. The highest BCUT2D eigenvalue weighted by atomic mass is 35.5. The Hall–Kier alpha value is -1.38. The van der Waals surface area contributed by atoms with Crippen LogP contribution in [-0.4, -0.2) is 18.1 Å². The van der Waals surface area contributed by atoms with E-state index in [1.54, 1.807) is 6.20 Å². The second kappa shape index (κ2) is 6.87. The van der Waals surface area contributed by atoms with Gasteiger partial charge in [-0.3, -0.25) is 4.98 Å². The molecule has 3 heteroatoms. The summed E-state index contributed by atoms with van der Waals surface area (Å²) in [5.74, 6) is 0.355. The van der Waals surface area contributed by atoms with Gasteiger partial charge in [-0.25, -0.2) is 0 Å². The molecule has 1 aromatic carbocycles. The van der Waals surface area contributed by atoms with Gasteiger partial charge in [0.05, 0.1) is 5.02 Å². The van der Waals surface area contributed by atoms with Gasteiger partial charge in [0, 0.05) is 24.4 Å². The van der Waals surface area contributed by atoms with Crippen molar-refractivity contribution in [3.05, 3.63) is 64.4 Å². The molecule has 0 aliphatic rings. The highest BCUT2D eigenvalue weighted by Gasteiger charge is 2.19. The van der Waals surface area contributed by atoms with Crippen molar-refractivity contribution < 1.29 is 0 Å². The van der Waals surface area contributed by atoms with Crippen LogP contribution in [0.3, 0.4) is 0 Å². The third kappa shape index (κ3) is 3.81. The summed E-state index contributed by atoms with van der Waals surface area (Å²) >= 11 is 6.08. The standard InChI is InChI=1S/C17H21ClN2/c1-12-4-6-14(7-5-12)8-17(13(2)19-3)15-9-16(18)11-20-10-15/h4-7,9-11,13,17,19H,8H2,1-3H3. The molecular formula is C17H21ClN2. The van der Waals surface area contributed by atoms with Crippen molar-refractivity contribution in [1.82, 2.24) is 10.3 Å². The Morgan fingerprint density at radius 3 is 2.50 bits per heavy atom. The summed E-state index contributed by atoms with van der Waals surface area (Å²) in [5, 5.41) is 4.04. The summed E-state index contributed by atoms with van der Waals surface area (Å²) < 4.78 is 0. The minimum Gasteiger partial charge on any atom is -0.317 e. The number of halogens is 1. The van der Waals surface area contributed by atoms with E-state index in [1.165, 1.54) is 16.7 Å². The van der Waals surface area contributed by atoms with Crippen LogP contribution in [0.4, 0.5) is 0 Å². The van der Waals surface area contributed by atoms with Crippen LogP contribution in [0, 0.1) is 6.92 Å². The zero-order valence-corrected chi connectivity index (χ0v) is 13.0. The van der Waals surface area contributed by atoms with E-state index in [9.17, 15) is 0 Å². The Kier molecular flexibility index (Phi) is 5.16. The van der Waals surface area contributed by atoms with E-state index in [-0.39, 0.29) is 0 Å². The molecule has 0 bridgehead atoms. The fourth-order valence-corrected chi connectivity index (χ4v) is 2.58. The van der Waals surface area contributed by atoms with Crippen molar-refractivity contribution >= 4 is 11.6 Å². The molecule has 0 saturated heterocycles. The third-order valence-electron chi connectivity index (χ3n) is 3.79. The van der Waals surface area contributed by atoms with Gasteiger partial charge in [-0.05, 0) is 44.5 Å². The molecule has 0 amide bonds. The van der Waals surface area contributed by atoms with Crippen LogP contribution in [0.15, 0.2) is 42.7 Å². The third-order valence-corrected chi connectivity index (χ3v) is 4.00. The monoisotopic (exact) mass is 288 g/mol. The van der Waals surface area contributed by atoms with Crippen molar-refractivity contribution in [3.8, 4) is 0 Å². The van der Waals surface area contributed by atoms with Gasteiger partial charge in [0.15, 0.2) is 0 Å². The first-order chi connectivity index (χ1) is 9.60. The Labute approximate surface area is 126 Å². The molecular weight excluding hydrogens is 268 g/mol. The van der Waals surface area contributed by atoms with Gasteiger partial charge in [-0.1, -0.05) is 41.4 Å². The number of aromatic nitrogens is 1. The molecule has 2 aromatic rings. The maximum Gasteiger partial charge on any atom is 0.0592 e. The van der Waals surface area contributed by atoms with E-state index in [1.807, 2.05) is 19.3 Å². The molecule has 2 unspecified atom stereocenters. The summed E-state index contributed by atoms with van der Waals surface area (Å²) in [7, 11) is 1.99. The lowest BCUT2D eigenvalue weighted by molar-refractivity contribution is 0.490. The van der Waals surface area contributed by atoms with Gasteiger partial charge < -0.3 is 5.32 Å². The Morgan fingerprint density at radius 2 is 1.90 bits per heavy atom. The highest BCUT2D eigenvalue weighted by Crippen LogP contribution is 2.26. The van der Waals surface area contributed by atoms with E-state index in [2.05, 4.69) is 48.4 Å². The van der Waals surface area contributed by atoms with Crippen LogP contribution in [0.2, 0.25) is 5.02 Å². The first-order valence-electron chi connectivity index (χ1n) is 6.93. The Bertz CT molecular complexity index is 551. The average molecular weight is 289 g/mol. The van der Waals surface area contributed by atoms with E-state index < -0.39 is 0 Å². The van der Waals surface area contributed by atoms with Crippen molar-refractivity contribution in [2.24, 2.45) is 0 Å². The number of nitrogens with zero attached hydrogens (tertiary/aromatic N) is 1. The van der Waals surface area contributed by atoms with Crippen LogP contribution >= 0.6 is 11.6 Å². The van der Waals surface area contributed by atoms with E-state index >= 15 is 0 Å². The lowest BCUT2D eigenvalue weighted by atomic mass is 9.87. The fraction of sp³-hybridized carbons (Fsp3) is 0.353. The average Bonchev–Trinajstić information content (AvgIpc) is 2.46. The SMILES string of the molecule is CNC(C)C(Cc1ccc(C)cc1)c1cncc(Cl)c1. The maximum atomic E-state index is 6.08. The number of hydrogen-bond acceptors (Lipinski definition) is 2. The normalized spacial score (nSPS) is 14.0. The van der Waals surface area contributed by atoms with Crippen LogP contribution in [-0.2, 0) is 6.42 Å². The quantitative estimate of drug-likeness (QED) is 0.900. The topological polar surface area (TPSA) is 24.9 Å². The second-order valence-corrected chi connectivity index (χ2v) is 5.75. The summed E-state index contributed by atoms with van der Waals surface area (Å²) in [6, 6.07) is 11.1. The zero-order chi connectivity index (χ0) is 14.5. The molecule has 0 saturated carbocycles. The molecule has 0 spiro atoms. The Morgan fingerprint density at radius 1 is 1.20 bits per heavy atom. The van der Waals surface area contributed by atoms with Crippen molar-refractivity contribution in [3.63, 3.8) is 0 Å². The van der Waals surface area contributed by atoms with E-state index in [4.69, 9.17) is 11.6 Å². The predicted octanol–water partition coefficient (Wildman–Crippen LogP) is 3.98. The number of aryl methyl sites for hydroxylation is 1. The van der Waals surface area contributed by atoms with Gasteiger partial charge in [0.2, 0.25) is 0 Å². The van der Waals surface area contributed by atoms with Crippen molar-refractivity contribution in [1.29, 1.82) is 0 Å². The molecule has 106 valence electrons. The van der Waals surface area contributed by atoms with Gasteiger partial charge in [0.1, 0.15) is 0 Å². The smallest absolute Gasteiger partial charge is 0.0592 e. The molecule has 2 rings (SSSR count). The minimum absolute atomic E-state index is 0.355. The van der Waals surface area contributed by atoms with E-state index in [0.717, 1.165) is 6.42 Å². The zero-order valence-electron chi connectivity index (χ0n) is 12.2. The van der Waals surface area contributed by atoms with Gasteiger partial charge >= 0.3 is 0 Å². The number of pyridine rings is 1. The van der Waals surface area contributed by atoms with Gasteiger partial charge in [0.25, 0.3) is 0 Å². The van der Waals surface area contributed by atoms with Crippen LogP contribution in [0.25, 0.3) is 0 Å². The lowest BCUT2D eigenvalue weighted by Crippen LogP contribution is -2.30. The molecule has 1 aromatic heterocycles. The van der Waals surface area contributed by atoms with Crippen LogP contribution < -0.4 is 5.32 Å². The molecule has 0 radical (unpaired) electrons. The Balaban J connectivity index is 2.26. The maximum absolute atomic E-state index is 6.08. The predicted molar refractivity (Wildman–Crippen MR) is 85.4 cm³/mol. The minimum atomic E-state index is 0.355. The largest absolute Gasteiger partial charge is 0.317 e. The summed E-state index contributed by atoms with van der Waals surface area (Å²) in [6.07, 6.45) is 4.57. The van der Waals surface area contributed by atoms with E-state index in [0.29, 0.717) is 17.0 Å². The summed E-state index contributed by atoms with van der Waals surface area (Å²) in [6.45, 7) is 4.30. The number of rotatable bonds is 5. The first-order valence-corrected chi connectivity index (χ1v) is 7.31. The molecule has 2 atom stereocenters. The molecule has 0 fully saturated rings. The number of hydrogen-bond donors (Lipinski definition) is 1. The van der Waals surface area contributed by atoms with Crippen molar-refractivity contribution in [2.75, 3.05) is 7.05 Å². The molecule has 0 aliphatic carbocycles. The van der Waals surface area contributed by atoms with Crippen LogP contribution in [0.1, 0.15) is 29.5 Å². The molecule has 20 heavy (non-hydrogen) atoms. The summed E-state index contributed by atoms with van der Waals surface area (Å²) in [5.41, 5.74) is 3.80. The lowest BCUT2D eigenvalue weighted by Gasteiger charge is -2.24. The number of benzene rings is 1. The van der Waals surface area contributed by atoms with Gasteiger partial charge in [-0.15, -0.1) is 0 Å². The first kappa shape index (κ1) is 15.0. The fourth-order valence-electron chi connectivity index (χ4n) is 2.39. The van der Waals surface area contributed by atoms with Gasteiger partial charge in [-0.2, -0.15) is 0 Å². The second-order valence-electron chi connectivity index (χ2n) is 5.31. The highest BCUT2D eigenvalue weighted by molar-refractivity contribution is 6.30. The molecule has 2 nitrogen and oxygen atoms in total. The van der Waals surface area contributed by atoms with Crippen molar-refractivity contribution in [2.45, 2.75) is 32.2 Å². The molecule has 0 aliphatic heterocycles. The summed E-state index contributed by atoms with van der Waals surface area (Å²) in [4.78, 5) is 4.22. The van der Waals surface area contributed by atoms with Crippen LogP contribution in [0.5, 0.6) is 0 Å².